The molecule has 0 radical (unpaired) electrons. The van der Waals surface area contributed by atoms with Gasteiger partial charge in [0.25, 0.3) is 0 Å². The number of rotatable bonds is 39. The zero-order chi connectivity index (χ0) is 41.2. The zero-order valence-corrected chi connectivity index (χ0v) is 36.4. The second kappa shape index (κ2) is 34.7. The molecule has 0 aliphatic rings. The maximum Gasteiger partial charge on any atom is 0.472 e. The molecule has 0 aromatic rings. The Morgan fingerprint density at radius 2 is 1.09 bits per heavy atom. The minimum Gasteiger partial charge on any atom is -0.462 e. The second-order valence-electron chi connectivity index (χ2n) is 16.2. The van der Waals surface area contributed by atoms with Crippen LogP contribution in [0.25, 0.3) is 0 Å². The van der Waals surface area contributed by atoms with Gasteiger partial charge in [0.2, 0.25) is 0 Å². The average Bonchev–Trinajstić information content (AvgIpc) is 3.12. The van der Waals surface area contributed by atoms with E-state index in [1.807, 2.05) is 21.1 Å². The lowest BCUT2D eigenvalue weighted by Crippen LogP contribution is -2.37. The number of phosphoric ester groups is 1. The van der Waals surface area contributed by atoms with Crippen LogP contribution in [0.4, 0.5) is 0 Å². The van der Waals surface area contributed by atoms with Crippen LogP contribution < -0.4 is 0 Å². The summed E-state index contributed by atoms with van der Waals surface area (Å²) in [7, 11) is 1.36. The molecule has 13 heteroatoms. The molecule has 326 valence electrons. The summed E-state index contributed by atoms with van der Waals surface area (Å²) in [5.74, 6) is -0.928. The highest BCUT2D eigenvalue weighted by molar-refractivity contribution is 7.47. The maximum atomic E-state index is 12.7. The summed E-state index contributed by atoms with van der Waals surface area (Å²) in [5.41, 5.74) is 0. The Hall–Kier alpha value is -1.37. The van der Waals surface area contributed by atoms with Crippen LogP contribution in [0.15, 0.2) is 12.2 Å². The van der Waals surface area contributed by atoms with Crippen LogP contribution in [-0.4, -0.2) is 109 Å². The quantitative estimate of drug-likeness (QED) is 0.0154. The molecule has 0 fully saturated rings. The number of ether oxygens (including phenoxy) is 2. The van der Waals surface area contributed by atoms with Gasteiger partial charge in [0, 0.05) is 12.8 Å². The number of likely N-dealkylation sites (N-methyl/N-ethyl adjacent to an activating group) is 1. The van der Waals surface area contributed by atoms with E-state index in [1.165, 1.54) is 69.9 Å². The maximum absolute atomic E-state index is 12.7. The van der Waals surface area contributed by atoms with E-state index in [0.29, 0.717) is 36.7 Å². The van der Waals surface area contributed by atoms with Crippen LogP contribution in [0.5, 0.6) is 0 Å². The highest BCUT2D eigenvalue weighted by Crippen LogP contribution is 2.43. The zero-order valence-electron chi connectivity index (χ0n) is 35.5. The Kier molecular flexibility index (Phi) is 33.8. The molecule has 0 heterocycles. The fourth-order valence-electron chi connectivity index (χ4n) is 5.94. The van der Waals surface area contributed by atoms with Crippen LogP contribution in [0.2, 0.25) is 0 Å². The van der Waals surface area contributed by atoms with Crippen molar-refractivity contribution in [2.75, 3.05) is 47.5 Å². The number of esters is 2. The average molecular weight is 809 g/mol. The Morgan fingerprint density at radius 1 is 0.618 bits per heavy atom. The fourth-order valence-corrected chi connectivity index (χ4v) is 6.69. The van der Waals surface area contributed by atoms with Gasteiger partial charge in [-0.25, -0.2) is 4.57 Å². The third-order valence-corrected chi connectivity index (χ3v) is 10.5. The van der Waals surface area contributed by atoms with Crippen LogP contribution >= 0.6 is 7.82 Å². The number of unbranched alkanes of at least 4 members (excludes halogenated alkanes) is 18. The summed E-state index contributed by atoms with van der Waals surface area (Å²) < 4.78 is 34.1. The van der Waals surface area contributed by atoms with Crippen LogP contribution in [0.3, 0.4) is 0 Å². The van der Waals surface area contributed by atoms with Gasteiger partial charge in [-0.3, -0.25) is 18.6 Å². The van der Waals surface area contributed by atoms with E-state index < -0.39 is 50.8 Å². The van der Waals surface area contributed by atoms with Gasteiger partial charge in [-0.15, -0.1) is 0 Å². The van der Waals surface area contributed by atoms with Crippen LogP contribution in [0, 0.1) is 0 Å². The van der Waals surface area contributed by atoms with Crippen molar-refractivity contribution in [3.63, 3.8) is 0 Å². The van der Waals surface area contributed by atoms with Crippen molar-refractivity contribution in [3.8, 4) is 0 Å². The molecule has 0 aromatic carbocycles. The molecule has 0 saturated heterocycles. The smallest absolute Gasteiger partial charge is 0.462 e. The van der Waals surface area contributed by atoms with E-state index in [4.69, 9.17) is 18.5 Å². The van der Waals surface area contributed by atoms with Crippen molar-refractivity contribution in [1.82, 2.24) is 0 Å². The van der Waals surface area contributed by atoms with Gasteiger partial charge in [-0.1, -0.05) is 148 Å². The molecule has 55 heavy (non-hydrogen) atoms. The molecule has 5 atom stereocenters. The molecule has 5 unspecified atom stereocenters. The summed E-state index contributed by atoms with van der Waals surface area (Å²) in [4.78, 5) is 35.3. The predicted octanol–water partition coefficient (Wildman–Crippen LogP) is 8.71. The van der Waals surface area contributed by atoms with Gasteiger partial charge in [-0.2, -0.15) is 0 Å². The molecule has 0 aromatic heterocycles. The highest BCUT2D eigenvalue weighted by Gasteiger charge is 2.27. The molecule has 0 aliphatic carbocycles. The number of hydrogen-bond donors (Lipinski definition) is 4. The number of carbonyl (C=O) groups is 2. The van der Waals surface area contributed by atoms with Gasteiger partial charge in [0.05, 0.1) is 46.1 Å². The first-order chi connectivity index (χ1) is 26.2. The van der Waals surface area contributed by atoms with Crippen LogP contribution in [0.1, 0.15) is 174 Å². The lowest BCUT2D eigenvalue weighted by molar-refractivity contribution is -0.870. The van der Waals surface area contributed by atoms with E-state index in [2.05, 4.69) is 13.8 Å². The Balaban J connectivity index is 4.52. The lowest BCUT2D eigenvalue weighted by Gasteiger charge is -2.24. The normalized spacial score (nSPS) is 15.4. The highest BCUT2D eigenvalue weighted by atomic mass is 31.2. The number of aliphatic hydroxyl groups is 3. The second-order valence-corrected chi connectivity index (χ2v) is 17.7. The topological polar surface area (TPSA) is 169 Å². The van der Waals surface area contributed by atoms with Gasteiger partial charge < -0.3 is 34.2 Å². The fraction of sp³-hybridized carbons (Fsp3) is 0.905. The lowest BCUT2D eigenvalue weighted by atomic mass is 10.0. The molecule has 0 aliphatic heterocycles. The molecule has 0 saturated carbocycles. The number of phosphoric acid groups is 1. The van der Waals surface area contributed by atoms with E-state index in [-0.39, 0.29) is 26.1 Å². The van der Waals surface area contributed by atoms with E-state index >= 15 is 0 Å². The summed E-state index contributed by atoms with van der Waals surface area (Å²) in [6.07, 6.45) is 23.3. The van der Waals surface area contributed by atoms with Crippen molar-refractivity contribution >= 4 is 19.8 Å². The molecular weight excluding hydrogens is 725 g/mol. The third-order valence-electron chi connectivity index (χ3n) is 9.56. The molecule has 12 nitrogen and oxygen atoms in total. The monoisotopic (exact) mass is 809 g/mol. The van der Waals surface area contributed by atoms with Crippen molar-refractivity contribution in [2.45, 2.75) is 199 Å². The molecule has 0 amide bonds. The number of aliphatic hydroxyl groups excluding tert-OH is 3. The Labute approximate surface area is 334 Å². The van der Waals surface area contributed by atoms with Gasteiger partial charge in [0.1, 0.15) is 19.8 Å². The first-order valence-corrected chi connectivity index (χ1v) is 23.2. The molecule has 0 bridgehead atoms. The minimum atomic E-state index is -4.42. The largest absolute Gasteiger partial charge is 0.472 e. The van der Waals surface area contributed by atoms with E-state index in [1.54, 1.807) is 0 Å². The Morgan fingerprint density at radius 3 is 1.64 bits per heavy atom. The third kappa shape index (κ3) is 36.7. The van der Waals surface area contributed by atoms with Crippen molar-refractivity contribution < 1.29 is 57.4 Å². The number of quaternary nitrogens is 1. The van der Waals surface area contributed by atoms with E-state index in [0.717, 1.165) is 64.2 Å². The predicted molar refractivity (Wildman–Crippen MR) is 219 cm³/mol. The number of carbonyl (C=O) groups excluding carboxylic acids is 2. The number of nitrogens with zero attached hydrogens (tertiary/aromatic N) is 1. The first kappa shape index (κ1) is 53.6. The van der Waals surface area contributed by atoms with Gasteiger partial charge in [-0.05, 0) is 25.7 Å². The minimum absolute atomic E-state index is 0.00203. The molecule has 0 spiro atoms. The SMILES string of the molecule is CCCCCCCCCCCCCCCC(=O)OCC(COP(=O)(O)OCC[N+](C)(C)C)OC(=O)CCCCCCCC(O)/C=C/C(O)C(O)CCCCC. The standard InChI is InChI=1S/C42H82NO11P/c1-6-8-10-11-12-13-14-15-16-17-18-21-25-29-41(47)51-35-38(36-53-55(49,50)52-34-33-43(3,4)5)54-42(48)30-26-22-19-20-24-27-37(44)31-32-40(46)39(45)28-23-9-7-2/h31-32,37-40,44-46H,6-30,33-36H2,1-5H3/p+1/b32-31+. The van der Waals surface area contributed by atoms with Crippen molar-refractivity contribution in [3.05, 3.63) is 12.2 Å². The number of hydrogen-bond acceptors (Lipinski definition) is 10. The first-order valence-electron chi connectivity index (χ1n) is 21.7. The molecular formula is C42H83NO11P+. The van der Waals surface area contributed by atoms with Crippen LogP contribution in [-0.2, 0) is 32.7 Å². The van der Waals surface area contributed by atoms with Gasteiger partial charge in [0.15, 0.2) is 6.10 Å². The summed E-state index contributed by atoms with van der Waals surface area (Å²) in [5, 5.41) is 30.3. The summed E-state index contributed by atoms with van der Waals surface area (Å²) in [6.45, 7) is 4.06. The molecule has 0 rings (SSSR count). The molecule has 4 N–H and O–H groups in total. The van der Waals surface area contributed by atoms with E-state index in [9.17, 15) is 34.4 Å². The summed E-state index contributed by atoms with van der Waals surface area (Å²) >= 11 is 0. The van der Waals surface area contributed by atoms with Gasteiger partial charge >= 0.3 is 19.8 Å². The summed E-state index contributed by atoms with van der Waals surface area (Å²) in [6, 6.07) is 0. The van der Waals surface area contributed by atoms with Crippen molar-refractivity contribution in [1.29, 1.82) is 0 Å². The Bertz CT molecular complexity index is 1010. The van der Waals surface area contributed by atoms with Crippen molar-refractivity contribution in [2.24, 2.45) is 0 Å².